The molecule has 0 aromatic carbocycles. The Labute approximate surface area is 90.0 Å². The summed E-state index contributed by atoms with van der Waals surface area (Å²) in [6.45, 7) is 1.95. The molecule has 4 fully saturated rings. The fraction of sp³-hybridized carbons (Fsp3) is 0.917. The monoisotopic (exact) mass is 206 g/mol. The van der Waals surface area contributed by atoms with E-state index in [-0.39, 0.29) is 0 Å². The Morgan fingerprint density at radius 2 is 1.80 bits per heavy atom. The van der Waals surface area contributed by atoms with Crippen molar-refractivity contribution in [1.82, 2.24) is 10.6 Å². The van der Waals surface area contributed by atoms with Crippen LogP contribution in [0, 0.1) is 29.6 Å². The van der Waals surface area contributed by atoms with Gasteiger partial charge < -0.3 is 10.6 Å². The van der Waals surface area contributed by atoms with Crippen LogP contribution in [0.25, 0.3) is 0 Å². The summed E-state index contributed by atoms with van der Waals surface area (Å²) in [5.74, 6) is 4.18. The van der Waals surface area contributed by atoms with Crippen molar-refractivity contribution in [3.63, 3.8) is 0 Å². The maximum absolute atomic E-state index is 12.0. The summed E-state index contributed by atoms with van der Waals surface area (Å²) < 4.78 is 0. The molecule has 3 saturated carbocycles. The van der Waals surface area contributed by atoms with Gasteiger partial charge in [-0.2, -0.15) is 0 Å². The predicted molar refractivity (Wildman–Crippen MR) is 56.1 cm³/mol. The van der Waals surface area contributed by atoms with Crippen molar-refractivity contribution in [1.29, 1.82) is 0 Å². The third kappa shape index (κ3) is 1.07. The van der Waals surface area contributed by atoms with Crippen molar-refractivity contribution in [2.45, 2.75) is 25.3 Å². The van der Waals surface area contributed by atoms with Crippen LogP contribution in [-0.2, 0) is 4.79 Å². The SMILES string of the molecule is O=C(NC1CNC1)C1C2C3CCC(C3)C12. The van der Waals surface area contributed by atoms with E-state index < -0.39 is 0 Å². The number of carbonyl (C=O) groups is 1. The molecule has 0 aromatic rings. The molecule has 1 aliphatic heterocycles. The summed E-state index contributed by atoms with van der Waals surface area (Å²) in [7, 11) is 0. The number of hydrogen-bond acceptors (Lipinski definition) is 2. The average Bonchev–Trinajstić information content (AvgIpc) is 2.62. The van der Waals surface area contributed by atoms with Gasteiger partial charge in [0.25, 0.3) is 0 Å². The van der Waals surface area contributed by atoms with Gasteiger partial charge in [-0.05, 0) is 42.9 Å². The molecule has 0 radical (unpaired) electrons. The molecule has 4 aliphatic rings. The van der Waals surface area contributed by atoms with Gasteiger partial charge in [-0.1, -0.05) is 0 Å². The van der Waals surface area contributed by atoms with E-state index in [0.29, 0.717) is 17.9 Å². The van der Waals surface area contributed by atoms with Crippen LogP contribution in [-0.4, -0.2) is 25.0 Å². The second kappa shape index (κ2) is 2.76. The van der Waals surface area contributed by atoms with Crippen molar-refractivity contribution in [3.8, 4) is 0 Å². The second-order valence-corrected chi connectivity index (χ2v) is 5.88. The summed E-state index contributed by atoms with van der Waals surface area (Å²) in [5.41, 5.74) is 0. The molecule has 4 unspecified atom stereocenters. The van der Waals surface area contributed by atoms with Crippen LogP contribution in [0.2, 0.25) is 0 Å². The molecule has 1 amide bonds. The Bertz CT molecular complexity index is 297. The van der Waals surface area contributed by atoms with Crippen LogP contribution >= 0.6 is 0 Å². The van der Waals surface area contributed by atoms with Crippen LogP contribution in [0.4, 0.5) is 0 Å². The quantitative estimate of drug-likeness (QED) is 0.685. The Morgan fingerprint density at radius 3 is 2.33 bits per heavy atom. The van der Waals surface area contributed by atoms with Gasteiger partial charge in [0.05, 0.1) is 6.04 Å². The number of carbonyl (C=O) groups excluding carboxylic acids is 1. The second-order valence-electron chi connectivity index (χ2n) is 5.88. The van der Waals surface area contributed by atoms with E-state index in [1.165, 1.54) is 19.3 Å². The predicted octanol–water partition coefficient (Wildman–Crippen LogP) is 0.366. The molecule has 3 aliphatic carbocycles. The largest absolute Gasteiger partial charge is 0.351 e. The Balaban J connectivity index is 1.41. The van der Waals surface area contributed by atoms with Crippen molar-refractivity contribution < 1.29 is 4.79 Å². The van der Waals surface area contributed by atoms with Gasteiger partial charge in [0, 0.05) is 19.0 Å². The molecule has 1 saturated heterocycles. The molecule has 15 heavy (non-hydrogen) atoms. The van der Waals surface area contributed by atoms with Gasteiger partial charge in [-0.3, -0.25) is 4.79 Å². The van der Waals surface area contributed by atoms with E-state index in [1.807, 2.05) is 0 Å². The molecule has 0 aromatic heterocycles. The number of rotatable bonds is 2. The molecule has 82 valence electrons. The van der Waals surface area contributed by atoms with Crippen LogP contribution in [0.3, 0.4) is 0 Å². The van der Waals surface area contributed by atoms with Crippen molar-refractivity contribution in [2.75, 3.05) is 13.1 Å². The van der Waals surface area contributed by atoms with Gasteiger partial charge in [-0.15, -0.1) is 0 Å². The highest BCUT2D eigenvalue weighted by atomic mass is 16.2. The molecule has 2 bridgehead atoms. The minimum atomic E-state index is 0.369. The number of amides is 1. The highest BCUT2D eigenvalue weighted by Crippen LogP contribution is 2.69. The number of hydrogen-bond donors (Lipinski definition) is 2. The van der Waals surface area contributed by atoms with E-state index >= 15 is 0 Å². The molecule has 3 nitrogen and oxygen atoms in total. The molecule has 4 atom stereocenters. The fourth-order valence-corrected chi connectivity index (χ4v) is 4.36. The number of fused-ring (bicyclic) bond motifs is 5. The van der Waals surface area contributed by atoms with E-state index in [2.05, 4.69) is 10.6 Å². The van der Waals surface area contributed by atoms with E-state index in [9.17, 15) is 4.79 Å². The van der Waals surface area contributed by atoms with Gasteiger partial charge >= 0.3 is 0 Å². The van der Waals surface area contributed by atoms with E-state index in [1.54, 1.807) is 0 Å². The maximum atomic E-state index is 12.0. The topological polar surface area (TPSA) is 41.1 Å². The maximum Gasteiger partial charge on any atom is 0.224 e. The fourth-order valence-electron chi connectivity index (χ4n) is 4.36. The minimum absolute atomic E-state index is 0.369. The summed E-state index contributed by atoms with van der Waals surface area (Å²) >= 11 is 0. The van der Waals surface area contributed by atoms with E-state index in [4.69, 9.17) is 0 Å². The third-order valence-electron chi connectivity index (χ3n) is 5.17. The van der Waals surface area contributed by atoms with Crippen molar-refractivity contribution in [2.24, 2.45) is 29.6 Å². The third-order valence-corrected chi connectivity index (χ3v) is 5.17. The highest BCUT2D eigenvalue weighted by Gasteiger charge is 2.67. The number of nitrogens with one attached hydrogen (secondary N) is 2. The van der Waals surface area contributed by atoms with Crippen molar-refractivity contribution >= 4 is 5.91 Å². The van der Waals surface area contributed by atoms with Crippen LogP contribution < -0.4 is 10.6 Å². The lowest BCUT2D eigenvalue weighted by Crippen LogP contribution is -2.57. The summed E-state index contributed by atoms with van der Waals surface area (Å²) in [6, 6.07) is 0.427. The van der Waals surface area contributed by atoms with Gasteiger partial charge in [0.1, 0.15) is 0 Å². The van der Waals surface area contributed by atoms with Crippen LogP contribution in [0.15, 0.2) is 0 Å². The van der Waals surface area contributed by atoms with Gasteiger partial charge in [0.15, 0.2) is 0 Å². The molecule has 2 N–H and O–H groups in total. The van der Waals surface area contributed by atoms with Gasteiger partial charge in [-0.25, -0.2) is 0 Å². The first-order valence-corrected chi connectivity index (χ1v) is 6.35. The summed E-state index contributed by atoms with van der Waals surface area (Å²) in [6.07, 6.45) is 4.24. The average molecular weight is 206 g/mol. The lowest BCUT2D eigenvalue weighted by Gasteiger charge is -2.28. The normalized spacial score (nSPS) is 51.1. The van der Waals surface area contributed by atoms with Crippen molar-refractivity contribution in [3.05, 3.63) is 0 Å². The first kappa shape index (κ1) is 8.57. The molecule has 4 rings (SSSR count). The Kier molecular flexibility index (Phi) is 1.58. The zero-order valence-corrected chi connectivity index (χ0v) is 8.91. The molecule has 0 spiro atoms. The lowest BCUT2D eigenvalue weighted by molar-refractivity contribution is -0.124. The van der Waals surface area contributed by atoms with Crippen LogP contribution in [0.5, 0.6) is 0 Å². The molecule has 1 heterocycles. The molecular weight excluding hydrogens is 188 g/mol. The molecular formula is C12H18N2O. The zero-order valence-electron chi connectivity index (χ0n) is 8.91. The molecule has 3 heteroatoms. The first-order chi connectivity index (χ1) is 7.34. The Hall–Kier alpha value is -0.570. The summed E-state index contributed by atoms with van der Waals surface area (Å²) in [4.78, 5) is 12.0. The van der Waals surface area contributed by atoms with Crippen LogP contribution in [0.1, 0.15) is 19.3 Å². The van der Waals surface area contributed by atoms with E-state index in [0.717, 1.165) is 36.8 Å². The first-order valence-electron chi connectivity index (χ1n) is 6.35. The summed E-state index contributed by atoms with van der Waals surface area (Å²) in [5, 5.41) is 6.37. The Morgan fingerprint density at radius 1 is 1.13 bits per heavy atom. The minimum Gasteiger partial charge on any atom is -0.351 e. The van der Waals surface area contributed by atoms with Gasteiger partial charge in [0.2, 0.25) is 5.91 Å². The lowest BCUT2D eigenvalue weighted by atomic mass is 10.0. The standard InChI is InChI=1S/C12H18N2O/c15-12(14-8-4-13-5-8)11-9-6-1-2-7(3-6)10(9)11/h6-11,13H,1-5H2,(H,14,15). The zero-order chi connectivity index (χ0) is 9.99. The highest BCUT2D eigenvalue weighted by molar-refractivity contribution is 5.83. The smallest absolute Gasteiger partial charge is 0.224 e.